The molecule has 1 atom stereocenters. The molecule has 0 unspecified atom stereocenters. The standard InChI is InChI=1S/C38H39Cl2N7O4/c1-50-36-24-12-14-46(18-23-9-10-32(48)42-23)17-22(24)15-29(43-36)27-7-3-5-25(34(27)39)26-6-4-8-28(35(26)40)30-16-41-31(37(44-30)51-2)19-47-20-38(21-47)13-11-33(49)45-38/h3-8,15-16,23H,9-14,17-21H2,1-2H3,(H,42,48)(H,45,49)/t23-/m0/s1. The maximum absolute atomic E-state index is 11.8. The van der Waals surface area contributed by atoms with Crippen molar-refractivity contribution in [2.75, 3.05) is 40.4 Å². The van der Waals surface area contributed by atoms with Gasteiger partial charge in [-0.3, -0.25) is 24.4 Å². The summed E-state index contributed by atoms with van der Waals surface area (Å²) in [4.78, 5) is 42.6. The van der Waals surface area contributed by atoms with Gasteiger partial charge in [-0.05, 0) is 30.9 Å². The van der Waals surface area contributed by atoms with Crippen molar-refractivity contribution in [3.05, 3.63) is 75.5 Å². The number of nitrogens with zero attached hydrogens (tertiary/aromatic N) is 5. The largest absolute Gasteiger partial charge is 0.481 e. The second kappa shape index (κ2) is 13.7. The van der Waals surface area contributed by atoms with Crippen molar-refractivity contribution in [3.63, 3.8) is 0 Å². The van der Waals surface area contributed by atoms with Crippen LogP contribution in [0.2, 0.25) is 10.0 Å². The summed E-state index contributed by atoms with van der Waals surface area (Å²) >= 11 is 14.3. The van der Waals surface area contributed by atoms with E-state index in [-0.39, 0.29) is 23.4 Å². The van der Waals surface area contributed by atoms with E-state index >= 15 is 0 Å². The van der Waals surface area contributed by atoms with Gasteiger partial charge in [-0.15, -0.1) is 0 Å². The van der Waals surface area contributed by atoms with Crippen LogP contribution in [-0.4, -0.2) is 88.5 Å². The van der Waals surface area contributed by atoms with E-state index in [0.717, 1.165) is 91.2 Å². The molecule has 1 spiro atoms. The summed E-state index contributed by atoms with van der Waals surface area (Å²) in [6.45, 7) is 4.57. The first-order valence-electron chi connectivity index (χ1n) is 17.3. The van der Waals surface area contributed by atoms with Gasteiger partial charge in [-0.1, -0.05) is 59.6 Å². The normalized spacial score (nSPS) is 19.8. The van der Waals surface area contributed by atoms with E-state index in [4.69, 9.17) is 47.6 Å². The molecule has 0 saturated carbocycles. The van der Waals surface area contributed by atoms with E-state index < -0.39 is 0 Å². The number of carbonyl (C=O) groups is 2. The van der Waals surface area contributed by atoms with Gasteiger partial charge in [0, 0.05) is 86.0 Å². The van der Waals surface area contributed by atoms with Crippen molar-refractivity contribution in [2.45, 2.75) is 56.8 Å². The zero-order valence-corrected chi connectivity index (χ0v) is 30.1. The maximum atomic E-state index is 11.8. The minimum atomic E-state index is -0.108. The summed E-state index contributed by atoms with van der Waals surface area (Å²) in [7, 11) is 3.24. The van der Waals surface area contributed by atoms with E-state index in [0.29, 0.717) is 52.4 Å². The SMILES string of the molecule is COc1nc(-c2cccc(-c3cccc(-c4cc5c(c(OC)n4)CCN(C[C@@H]4CCC(=O)N4)C5)c3Cl)c2Cl)cnc1CN1CC2(CCC(=O)N2)C1. The lowest BCUT2D eigenvalue weighted by Crippen LogP contribution is -2.66. The van der Waals surface area contributed by atoms with E-state index in [1.807, 2.05) is 36.4 Å². The number of aromatic nitrogens is 3. The summed E-state index contributed by atoms with van der Waals surface area (Å²) in [5.74, 6) is 1.29. The molecule has 11 nitrogen and oxygen atoms in total. The van der Waals surface area contributed by atoms with Gasteiger partial charge >= 0.3 is 0 Å². The van der Waals surface area contributed by atoms with Crippen LogP contribution in [0.5, 0.6) is 11.8 Å². The van der Waals surface area contributed by atoms with Crippen LogP contribution < -0.4 is 20.1 Å². The average molecular weight is 729 g/mol. The first-order valence-corrected chi connectivity index (χ1v) is 18.1. The molecule has 2 aromatic carbocycles. The Hall–Kier alpha value is -4.29. The van der Waals surface area contributed by atoms with Crippen LogP contribution in [0.3, 0.4) is 0 Å². The van der Waals surface area contributed by atoms with Crippen molar-refractivity contribution >= 4 is 35.0 Å². The second-order valence-corrected chi connectivity index (χ2v) is 14.7. The Morgan fingerprint density at radius 2 is 1.55 bits per heavy atom. The fraction of sp³-hybridized carbons (Fsp3) is 0.395. The van der Waals surface area contributed by atoms with E-state index in [1.165, 1.54) is 0 Å². The molecule has 8 rings (SSSR count). The van der Waals surface area contributed by atoms with Gasteiger partial charge in [0.1, 0.15) is 5.69 Å². The summed E-state index contributed by atoms with van der Waals surface area (Å²) in [6, 6.07) is 13.9. The highest BCUT2D eigenvalue weighted by Crippen LogP contribution is 2.43. The number of halogens is 2. The number of nitrogens with one attached hydrogen (secondary N) is 2. The zero-order chi connectivity index (χ0) is 35.3. The number of methoxy groups -OCH3 is 2. The Morgan fingerprint density at radius 1 is 0.863 bits per heavy atom. The molecule has 2 N–H and O–H groups in total. The van der Waals surface area contributed by atoms with Crippen molar-refractivity contribution in [1.29, 1.82) is 0 Å². The molecule has 4 aliphatic heterocycles. The van der Waals surface area contributed by atoms with Crippen LogP contribution in [-0.2, 0) is 29.1 Å². The quantitative estimate of drug-likeness (QED) is 0.237. The topological polar surface area (TPSA) is 122 Å². The molecule has 2 amide bonds. The van der Waals surface area contributed by atoms with Crippen molar-refractivity contribution in [3.8, 4) is 45.4 Å². The number of ether oxygens (including phenoxy) is 2. The molecule has 264 valence electrons. The average Bonchev–Trinajstić information content (AvgIpc) is 3.72. The molecule has 4 aromatic rings. The summed E-state index contributed by atoms with van der Waals surface area (Å²) in [6.07, 6.45) is 5.45. The Bertz CT molecular complexity index is 2040. The highest BCUT2D eigenvalue weighted by Gasteiger charge is 2.47. The highest BCUT2D eigenvalue weighted by molar-refractivity contribution is 6.39. The number of pyridine rings is 1. The third-order valence-corrected chi connectivity index (χ3v) is 11.3. The number of benzene rings is 2. The van der Waals surface area contributed by atoms with E-state index in [9.17, 15) is 9.59 Å². The summed E-state index contributed by atoms with van der Waals surface area (Å²) in [5, 5.41) is 7.23. The maximum Gasteiger partial charge on any atom is 0.237 e. The third kappa shape index (κ3) is 6.52. The lowest BCUT2D eigenvalue weighted by Gasteiger charge is -2.47. The molecule has 6 heterocycles. The zero-order valence-electron chi connectivity index (χ0n) is 28.6. The molecule has 4 aliphatic rings. The van der Waals surface area contributed by atoms with Gasteiger partial charge in [-0.2, -0.15) is 0 Å². The Balaban J connectivity index is 1.05. The Morgan fingerprint density at radius 3 is 2.20 bits per heavy atom. The van der Waals surface area contributed by atoms with Crippen molar-refractivity contribution in [2.24, 2.45) is 0 Å². The van der Waals surface area contributed by atoms with Crippen LogP contribution in [0.4, 0.5) is 0 Å². The third-order valence-electron chi connectivity index (χ3n) is 10.5. The van der Waals surface area contributed by atoms with Crippen molar-refractivity contribution in [1.82, 2.24) is 35.4 Å². The van der Waals surface area contributed by atoms with Gasteiger partial charge in [-0.25, -0.2) is 9.97 Å². The van der Waals surface area contributed by atoms with Gasteiger partial charge in [0.05, 0.1) is 47.4 Å². The van der Waals surface area contributed by atoms with Crippen molar-refractivity contribution < 1.29 is 19.1 Å². The number of carbonyl (C=O) groups excluding carboxylic acids is 2. The van der Waals surface area contributed by atoms with E-state index in [2.05, 4.69) is 26.5 Å². The molecular weight excluding hydrogens is 689 g/mol. The first kappa shape index (κ1) is 33.8. The fourth-order valence-corrected chi connectivity index (χ4v) is 8.65. The number of hydrogen-bond acceptors (Lipinski definition) is 9. The van der Waals surface area contributed by atoms with Crippen LogP contribution in [0.1, 0.15) is 42.5 Å². The van der Waals surface area contributed by atoms with Gasteiger partial charge < -0.3 is 20.1 Å². The monoisotopic (exact) mass is 727 g/mol. The smallest absolute Gasteiger partial charge is 0.237 e. The van der Waals surface area contributed by atoms with Crippen LogP contribution in [0, 0.1) is 0 Å². The van der Waals surface area contributed by atoms with Gasteiger partial charge in [0.15, 0.2) is 0 Å². The molecule has 2 aromatic heterocycles. The minimum absolute atomic E-state index is 0.108. The molecule has 13 heteroatoms. The summed E-state index contributed by atoms with van der Waals surface area (Å²) in [5.41, 5.74) is 7.16. The predicted octanol–water partition coefficient (Wildman–Crippen LogP) is 5.30. The molecule has 0 aliphatic carbocycles. The number of hydrogen-bond donors (Lipinski definition) is 2. The second-order valence-electron chi connectivity index (χ2n) is 14.0. The van der Waals surface area contributed by atoms with Gasteiger partial charge in [0.2, 0.25) is 23.6 Å². The molecule has 51 heavy (non-hydrogen) atoms. The first-order chi connectivity index (χ1) is 24.7. The highest BCUT2D eigenvalue weighted by atomic mass is 35.5. The number of fused-ring (bicyclic) bond motifs is 1. The lowest BCUT2D eigenvalue weighted by atomic mass is 9.88. The van der Waals surface area contributed by atoms with Gasteiger partial charge in [0.25, 0.3) is 0 Å². The van der Waals surface area contributed by atoms with Crippen LogP contribution in [0.25, 0.3) is 33.6 Å². The number of amides is 2. The molecular formula is C38H39Cl2N7O4. The molecule has 0 radical (unpaired) electrons. The fourth-order valence-electron chi connectivity index (χ4n) is 8.00. The van der Waals surface area contributed by atoms with Crippen LogP contribution in [0.15, 0.2) is 48.7 Å². The Labute approximate surface area is 306 Å². The lowest BCUT2D eigenvalue weighted by molar-refractivity contribution is -0.121. The Kier molecular flexibility index (Phi) is 9.08. The molecule has 3 fully saturated rings. The minimum Gasteiger partial charge on any atom is -0.481 e. The van der Waals surface area contributed by atoms with Crippen LogP contribution >= 0.6 is 23.2 Å². The van der Waals surface area contributed by atoms with E-state index in [1.54, 1.807) is 20.4 Å². The summed E-state index contributed by atoms with van der Waals surface area (Å²) < 4.78 is 11.5. The number of rotatable bonds is 9. The number of likely N-dealkylation sites (tertiary alicyclic amines) is 1. The predicted molar refractivity (Wildman–Crippen MR) is 195 cm³/mol. The molecule has 3 saturated heterocycles. The molecule has 0 bridgehead atoms.